The summed E-state index contributed by atoms with van der Waals surface area (Å²) in [7, 11) is 0. The van der Waals surface area contributed by atoms with Crippen LogP contribution in [0.1, 0.15) is 47.2 Å². The smallest absolute Gasteiger partial charge is 0.160 e. The fourth-order valence-electron chi connectivity index (χ4n) is 9.33. The number of hydrogen-bond donors (Lipinski definition) is 0. The van der Waals surface area contributed by atoms with Crippen LogP contribution in [0.15, 0.2) is 170 Å². The van der Waals surface area contributed by atoms with Gasteiger partial charge in [-0.25, -0.2) is 9.97 Å². The molecule has 0 bridgehead atoms. The third-order valence-corrected chi connectivity index (χ3v) is 11.8. The van der Waals surface area contributed by atoms with Gasteiger partial charge >= 0.3 is 0 Å². The SMILES string of the molecule is CC1(C)c2ccc(-c3cc(-c4ccccc4)nc(-c4ccccc4)n3)cc2-c2cc3c(cc21)C1(c2ccccc2O3)c2ccccc2-c2ccccc21. The Morgan fingerprint density at radius 1 is 0.377 bits per heavy atom. The highest BCUT2D eigenvalue weighted by Gasteiger charge is 2.52. The van der Waals surface area contributed by atoms with E-state index in [1.807, 2.05) is 24.3 Å². The normalized spacial score (nSPS) is 14.7. The molecule has 1 aliphatic heterocycles. The van der Waals surface area contributed by atoms with Crippen molar-refractivity contribution in [3.05, 3.63) is 203 Å². The molecule has 7 aromatic carbocycles. The fourth-order valence-corrected chi connectivity index (χ4v) is 9.33. The summed E-state index contributed by atoms with van der Waals surface area (Å²) in [5, 5.41) is 0. The molecule has 11 rings (SSSR count). The summed E-state index contributed by atoms with van der Waals surface area (Å²) in [5.74, 6) is 2.52. The lowest BCUT2D eigenvalue weighted by molar-refractivity contribution is 0.436. The first-order valence-corrected chi connectivity index (χ1v) is 18.3. The van der Waals surface area contributed by atoms with Crippen molar-refractivity contribution in [2.24, 2.45) is 0 Å². The molecule has 0 saturated heterocycles. The first-order valence-electron chi connectivity index (χ1n) is 18.3. The van der Waals surface area contributed by atoms with Crippen LogP contribution in [-0.2, 0) is 10.8 Å². The molecule has 2 aliphatic carbocycles. The predicted molar refractivity (Wildman–Crippen MR) is 213 cm³/mol. The number of ether oxygens (including phenoxy) is 1. The molecule has 3 nitrogen and oxygen atoms in total. The zero-order valence-electron chi connectivity index (χ0n) is 29.5. The van der Waals surface area contributed by atoms with E-state index >= 15 is 0 Å². The Kier molecular flexibility index (Phi) is 6.22. The summed E-state index contributed by atoms with van der Waals surface area (Å²) < 4.78 is 6.93. The van der Waals surface area contributed by atoms with Crippen molar-refractivity contribution in [2.45, 2.75) is 24.7 Å². The number of aromatic nitrogens is 2. The minimum Gasteiger partial charge on any atom is -0.457 e. The van der Waals surface area contributed by atoms with Crippen LogP contribution in [0.4, 0.5) is 0 Å². The third-order valence-electron chi connectivity index (χ3n) is 11.8. The Morgan fingerprint density at radius 3 is 1.64 bits per heavy atom. The molecular weight excluding hydrogens is 645 g/mol. The van der Waals surface area contributed by atoms with Gasteiger partial charge in [0.05, 0.1) is 16.8 Å². The van der Waals surface area contributed by atoms with Crippen LogP contribution in [0.2, 0.25) is 0 Å². The zero-order valence-corrected chi connectivity index (χ0v) is 29.5. The highest BCUT2D eigenvalue weighted by atomic mass is 16.5. The van der Waals surface area contributed by atoms with E-state index in [9.17, 15) is 0 Å². The molecule has 3 heteroatoms. The van der Waals surface area contributed by atoms with E-state index in [0.29, 0.717) is 5.82 Å². The van der Waals surface area contributed by atoms with Gasteiger partial charge in [-0.05, 0) is 74.8 Å². The minimum absolute atomic E-state index is 0.232. The lowest BCUT2D eigenvalue weighted by Crippen LogP contribution is -2.32. The highest BCUT2D eigenvalue weighted by Crippen LogP contribution is 2.64. The van der Waals surface area contributed by atoms with Crippen molar-refractivity contribution in [3.63, 3.8) is 0 Å². The van der Waals surface area contributed by atoms with Gasteiger partial charge in [0.25, 0.3) is 0 Å². The van der Waals surface area contributed by atoms with Crippen molar-refractivity contribution >= 4 is 0 Å². The Balaban J connectivity index is 1.13. The van der Waals surface area contributed by atoms with Crippen molar-refractivity contribution in [2.75, 3.05) is 0 Å². The first-order chi connectivity index (χ1) is 26.0. The van der Waals surface area contributed by atoms with E-state index in [0.717, 1.165) is 39.6 Å². The number of para-hydroxylation sites is 1. The van der Waals surface area contributed by atoms with Crippen molar-refractivity contribution in [3.8, 4) is 67.7 Å². The minimum atomic E-state index is -0.495. The molecular formula is C50H34N2O. The lowest BCUT2D eigenvalue weighted by Gasteiger charge is -2.40. The second kappa shape index (κ2) is 11.0. The van der Waals surface area contributed by atoms with Gasteiger partial charge in [0, 0.05) is 33.2 Å². The summed E-state index contributed by atoms with van der Waals surface area (Å²) in [6.07, 6.45) is 0. The second-order valence-electron chi connectivity index (χ2n) is 14.9. The van der Waals surface area contributed by atoms with Crippen LogP contribution in [0.3, 0.4) is 0 Å². The maximum Gasteiger partial charge on any atom is 0.160 e. The largest absolute Gasteiger partial charge is 0.457 e. The Bertz CT molecular complexity index is 2680. The lowest BCUT2D eigenvalue weighted by atomic mass is 9.65. The predicted octanol–water partition coefficient (Wildman–Crippen LogP) is 12.3. The fraction of sp³-hybridized carbons (Fsp3) is 0.0800. The number of benzene rings is 7. The van der Waals surface area contributed by atoms with Gasteiger partial charge in [-0.3, -0.25) is 0 Å². The Morgan fingerprint density at radius 2 is 0.943 bits per heavy atom. The monoisotopic (exact) mass is 678 g/mol. The van der Waals surface area contributed by atoms with E-state index in [-0.39, 0.29) is 5.41 Å². The van der Waals surface area contributed by atoms with Gasteiger partial charge in [-0.2, -0.15) is 0 Å². The quantitative estimate of drug-likeness (QED) is 0.187. The van der Waals surface area contributed by atoms with Crippen LogP contribution in [0, 0.1) is 0 Å². The van der Waals surface area contributed by atoms with Crippen LogP contribution < -0.4 is 4.74 Å². The number of nitrogens with zero attached hydrogens (tertiary/aromatic N) is 2. The summed E-state index contributed by atoms with van der Waals surface area (Å²) in [6.45, 7) is 4.71. The van der Waals surface area contributed by atoms with Crippen molar-refractivity contribution < 1.29 is 4.74 Å². The molecule has 0 atom stereocenters. The summed E-state index contributed by atoms with van der Waals surface area (Å²) in [6, 6.07) is 60.8. The average Bonchev–Trinajstić information content (AvgIpc) is 3.63. The van der Waals surface area contributed by atoms with E-state index in [2.05, 4.69) is 159 Å². The maximum absolute atomic E-state index is 6.93. The van der Waals surface area contributed by atoms with Gasteiger partial charge in [0.2, 0.25) is 0 Å². The molecule has 2 heterocycles. The molecule has 0 unspecified atom stereocenters. The topological polar surface area (TPSA) is 35.0 Å². The van der Waals surface area contributed by atoms with Gasteiger partial charge in [-0.1, -0.05) is 153 Å². The summed E-state index contributed by atoms with van der Waals surface area (Å²) >= 11 is 0. The van der Waals surface area contributed by atoms with Gasteiger partial charge in [0.15, 0.2) is 5.82 Å². The van der Waals surface area contributed by atoms with Crippen molar-refractivity contribution in [1.29, 1.82) is 0 Å². The van der Waals surface area contributed by atoms with E-state index in [4.69, 9.17) is 14.7 Å². The summed E-state index contributed by atoms with van der Waals surface area (Å²) in [4.78, 5) is 10.2. The number of fused-ring (bicyclic) bond motifs is 12. The second-order valence-corrected chi connectivity index (χ2v) is 14.9. The average molecular weight is 679 g/mol. The molecule has 3 aliphatic rings. The van der Waals surface area contributed by atoms with Crippen LogP contribution in [0.25, 0.3) is 56.2 Å². The van der Waals surface area contributed by atoms with Crippen LogP contribution in [-0.4, -0.2) is 9.97 Å². The maximum atomic E-state index is 6.93. The number of hydrogen-bond acceptors (Lipinski definition) is 3. The van der Waals surface area contributed by atoms with Gasteiger partial charge < -0.3 is 4.74 Å². The van der Waals surface area contributed by atoms with Crippen molar-refractivity contribution in [1.82, 2.24) is 9.97 Å². The molecule has 0 fully saturated rings. The first kappa shape index (κ1) is 30.1. The highest BCUT2D eigenvalue weighted by molar-refractivity contribution is 5.91. The molecule has 1 spiro atoms. The molecule has 0 saturated carbocycles. The Hall–Kier alpha value is -6.58. The molecule has 8 aromatic rings. The molecule has 0 N–H and O–H groups in total. The summed E-state index contributed by atoms with van der Waals surface area (Å²) in [5.41, 5.74) is 16.8. The molecule has 250 valence electrons. The van der Waals surface area contributed by atoms with Crippen LogP contribution in [0.5, 0.6) is 11.5 Å². The molecule has 1 aromatic heterocycles. The van der Waals surface area contributed by atoms with Crippen LogP contribution >= 0.6 is 0 Å². The number of rotatable bonds is 3. The standard InChI is InChI=1S/C50H34N2O/c1-49(2)38-26-25-33(45-30-44(31-15-5-3-6-16-31)51-48(52-45)32-17-7-4-8-18-32)27-36(38)37-28-47-43(29-42(37)49)50(41-23-13-14-24-46(41)53-47)39-21-11-9-19-34(39)35-20-10-12-22-40(35)50/h3-30H,1-2H3. The van der Waals surface area contributed by atoms with Gasteiger partial charge in [0.1, 0.15) is 11.5 Å². The zero-order chi connectivity index (χ0) is 35.3. The van der Waals surface area contributed by atoms with E-state index in [1.54, 1.807) is 0 Å². The van der Waals surface area contributed by atoms with E-state index < -0.39 is 5.41 Å². The molecule has 0 radical (unpaired) electrons. The third kappa shape index (κ3) is 4.16. The Labute approximate surface area is 309 Å². The van der Waals surface area contributed by atoms with Gasteiger partial charge in [-0.15, -0.1) is 0 Å². The molecule has 53 heavy (non-hydrogen) atoms. The van der Waals surface area contributed by atoms with E-state index in [1.165, 1.54) is 55.6 Å². The molecule has 0 amide bonds.